The number of fused-ring (bicyclic) bond motifs is 1. The number of nitrogens with one attached hydrogen (secondary N) is 1. The SMILES string of the molecule is Cc1c(C(=O)N/N=C\[C@H]2CC=CCC2)oc2ccccc12. The number of carbonyl (C=O) groups is 1. The Morgan fingerprint density at radius 2 is 2.24 bits per heavy atom. The molecule has 0 aliphatic heterocycles. The van der Waals surface area contributed by atoms with Crippen LogP contribution in [-0.2, 0) is 0 Å². The number of carbonyl (C=O) groups excluding carboxylic acids is 1. The third-order valence-corrected chi connectivity index (χ3v) is 3.81. The Morgan fingerprint density at radius 3 is 3.00 bits per heavy atom. The minimum absolute atomic E-state index is 0.300. The number of hydrazone groups is 1. The van der Waals surface area contributed by atoms with Crippen molar-refractivity contribution < 1.29 is 9.21 Å². The molecule has 0 fully saturated rings. The third-order valence-electron chi connectivity index (χ3n) is 3.81. The Labute approximate surface area is 123 Å². The molecule has 0 bridgehead atoms. The van der Waals surface area contributed by atoms with Gasteiger partial charge in [0.25, 0.3) is 0 Å². The summed E-state index contributed by atoms with van der Waals surface area (Å²) in [5.74, 6) is 0.440. The molecule has 0 saturated heterocycles. The van der Waals surface area contributed by atoms with Crippen LogP contribution < -0.4 is 5.43 Å². The number of furan rings is 1. The van der Waals surface area contributed by atoms with Crippen LogP contribution in [0.4, 0.5) is 0 Å². The molecule has 4 heteroatoms. The van der Waals surface area contributed by atoms with E-state index in [-0.39, 0.29) is 5.91 Å². The number of para-hydroxylation sites is 1. The van der Waals surface area contributed by atoms with Gasteiger partial charge < -0.3 is 4.42 Å². The normalized spacial score (nSPS) is 18.4. The van der Waals surface area contributed by atoms with Crippen molar-refractivity contribution in [3.8, 4) is 0 Å². The molecule has 0 unspecified atom stereocenters. The molecule has 1 aliphatic rings. The second kappa shape index (κ2) is 5.95. The van der Waals surface area contributed by atoms with Gasteiger partial charge in [-0.25, -0.2) is 5.43 Å². The summed E-state index contributed by atoms with van der Waals surface area (Å²) in [6, 6.07) is 7.63. The van der Waals surface area contributed by atoms with Crippen molar-refractivity contribution in [1.29, 1.82) is 0 Å². The van der Waals surface area contributed by atoms with E-state index in [9.17, 15) is 4.79 Å². The molecule has 21 heavy (non-hydrogen) atoms. The molecule has 1 aromatic heterocycles. The van der Waals surface area contributed by atoms with Crippen LogP contribution in [0.2, 0.25) is 0 Å². The van der Waals surface area contributed by atoms with Gasteiger partial charge in [0.2, 0.25) is 0 Å². The average molecular weight is 282 g/mol. The Balaban J connectivity index is 1.70. The van der Waals surface area contributed by atoms with Gasteiger partial charge in [0.1, 0.15) is 5.58 Å². The Morgan fingerprint density at radius 1 is 1.38 bits per heavy atom. The zero-order valence-corrected chi connectivity index (χ0v) is 12.0. The molecule has 1 atom stereocenters. The highest BCUT2D eigenvalue weighted by Gasteiger charge is 2.16. The maximum Gasteiger partial charge on any atom is 0.307 e. The molecule has 0 saturated carbocycles. The highest BCUT2D eigenvalue weighted by molar-refractivity contribution is 5.98. The quantitative estimate of drug-likeness (QED) is 0.528. The Bertz CT molecular complexity index is 713. The van der Waals surface area contributed by atoms with Gasteiger partial charge in [-0.05, 0) is 38.2 Å². The molecule has 1 heterocycles. The summed E-state index contributed by atoms with van der Waals surface area (Å²) in [5.41, 5.74) is 4.13. The average Bonchev–Trinajstić information content (AvgIpc) is 2.86. The van der Waals surface area contributed by atoms with Crippen molar-refractivity contribution >= 4 is 23.1 Å². The van der Waals surface area contributed by atoms with Gasteiger partial charge in [-0.15, -0.1) is 0 Å². The zero-order chi connectivity index (χ0) is 14.7. The summed E-state index contributed by atoms with van der Waals surface area (Å²) >= 11 is 0. The number of benzene rings is 1. The van der Waals surface area contributed by atoms with Crippen LogP contribution >= 0.6 is 0 Å². The topological polar surface area (TPSA) is 54.6 Å². The molecule has 108 valence electrons. The first-order chi connectivity index (χ1) is 10.3. The van der Waals surface area contributed by atoms with Crippen LogP contribution in [0.25, 0.3) is 11.0 Å². The fourth-order valence-electron chi connectivity index (χ4n) is 2.60. The lowest BCUT2D eigenvalue weighted by molar-refractivity contribution is 0.0928. The molecule has 1 aromatic carbocycles. The maximum absolute atomic E-state index is 12.1. The van der Waals surface area contributed by atoms with Crippen molar-refractivity contribution in [3.05, 3.63) is 47.7 Å². The molecule has 2 aromatic rings. The number of allylic oxidation sites excluding steroid dienone is 2. The molecule has 1 N–H and O–H groups in total. The highest BCUT2D eigenvalue weighted by atomic mass is 16.3. The van der Waals surface area contributed by atoms with Gasteiger partial charge in [0.05, 0.1) is 0 Å². The smallest absolute Gasteiger partial charge is 0.307 e. The van der Waals surface area contributed by atoms with Crippen molar-refractivity contribution in [1.82, 2.24) is 5.43 Å². The van der Waals surface area contributed by atoms with E-state index in [0.717, 1.165) is 35.8 Å². The van der Waals surface area contributed by atoms with E-state index in [4.69, 9.17) is 4.42 Å². The molecule has 0 spiro atoms. The van der Waals surface area contributed by atoms with E-state index < -0.39 is 0 Å². The monoisotopic (exact) mass is 282 g/mol. The van der Waals surface area contributed by atoms with Crippen molar-refractivity contribution in [2.75, 3.05) is 0 Å². The van der Waals surface area contributed by atoms with Crippen molar-refractivity contribution in [3.63, 3.8) is 0 Å². The van der Waals surface area contributed by atoms with E-state index >= 15 is 0 Å². The lowest BCUT2D eigenvalue weighted by Gasteiger charge is -2.11. The first-order valence-corrected chi connectivity index (χ1v) is 7.22. The second-order valence-corrected chi connectivity index (χ2v) is 5.32. The molecule has 3 rings (SSSR count). The summed E-state index contributed by atoms with van der Waals surface area (Å²) in [6.07, 6.45) is 9.31. The van der Waals surface area contributed by atoms with Gasteiger partial charge in [0.15, 0.2) is 5.76 Å². The second-order valence-electron chi connectivity index (χ2n) is 5.32. The number of nitrogens with zero attached hydrogens (tertiary/aromatic N) is 1. The molecule has 1 amide bonds. The molecule has 0 radical (unpaired) electrons. The lowest BCUT2D eigenvalue weighted by atomic mass is 9.96. The van der Waals surface area contributed by atoms with Gasteiger partial charge >= 0.3 is 5.91 Å². The van der Waals surface area contributed by atoms with Crippen LogP contribution in [0.1, 0.15) is 35.4 Å². The number of aryl methyl sites for hydroxylation is 1. The van der Waals surface area contributed by atoms with Crippen LogP contribution in [-0.4, -0.2) is 12.1 Å². The van der Waals surface area contributed by atoms with E-state index in [1.54, 1.807) is 0 Å². The van der Waals surface area contributed by atoms with E-state index in [2.05, 4.69) is 22.7 Å². The van der Waals surface area contributed by atoms with Crippen molar-refractivity contribution in [2.24, 2.45) is 11.0 Å². The van der Waals surface area contributed by atoms with Crippen molar-refractivity contribution in [2.45, 2.75) is 26.2 Å². The van der Waals surface area contributed by atoms with Gasteiger partial charge in [-0.3, -0.25) is 4.79 Å². The minimum atomic E-state index is -0.300. The van der Waals surface area contributed by atoms with E-state index in [1.165, 1.54) is 0 Å². The first kappa shape index (κ1) is 13.6. The van der Waals surface area contributed by atoms with Crippen LogP contribution in [0.3, 0.4) is 0 Å². The van der Waals surface area contributed by atoms with Gasteiger partial charge in [-0.2, -0.15) is 5.10 Å². The van der Waals surface area contributed by atoms with Crippen LogP contribution in [0.15, 0.2) is 45.9 Å². The summed E-state index contributed by atoms with van der Waals surface area (Å²) in [4.78, 5) is 12.1. The maximum atomic E-state index is 12.1. The Hall–Kier alpha value is -2.36. The number of hydrogen-bond acceptors (Lipinski definition) is 3. The summed E-state index contributed by atoms with van der Waals surface area (Å²) in [5, 5.41) is 5.03. The zero-order valence-electron chi connectivity index (χ0n) is 12.0. The summed E-state index contributed by atoms with van der Waals surface area (Å²) < 4.78 is 5.61. The van der Waals surface area contributed by atoms with Crippen LogP contribution in [0.5, 0.6) is 0 Å². The predicted octanol–water partition coefficient (Wildman–Crippen LogP) is 3.81. The first-order valence-electron chi connectivity index (χ1n) is 7.22. The molecule has 1 aliphatic carbocycles. The van der Waals surface area contributed by atoms with E-state index in [0.29, 0.717) is 11.7 Å². The summed E-state index contributed by atoms with van der Waals surface area (Å²) in [6.45, 7) is 1.89. The number of amides is 1. The lowest BCUT2D eigenvalue weighted by Crippen LogP contribution is -2.19. The fourth-order valence-corrected chi connectivity index (χ4v) is 2.60. The minimum Gasteiger partial charge on any atom is -0.451 e. The van der Waals surface area contributed by atoms with Gasteiger partial charge in [0, 0.05) is 17.2 Å². The van der Waals surface area contributed by atoms with Crippen LogP contribution in [0, 0.1) is 12.8 Å². The Kier molecular flexibility index (Phi) is 3.86. The molecule has 4 nitrogen and oxygen atoms in total. The van der Waals surface area contributed by atoms with Gasteiger partial charge in [-0.1, -0.05) is 30.4 Å². The number of hydrogen-bond donors (Lipinski definition) is 1. The number of rotatable bonds is 3. The van der Waals surface area contributed by atoms with E-state index in [1.807, 2.05) is 37.4 Å². The highest BCUT2D eigenvalue weighted by Crippen LogP contribution is 2.24. The summed E-state index contributed by atoms with van der Waals surface area (Å²) in [7, 11) is 0. The fraction of sp³-hybridized carbons (Fsp3) is 0.294. The molecular weight excluding hydrogens is 264 g/mol. The largest absolute Gasteiger partial charge is 0.451 e. The standard InChI is InChI=1S/C17H18N2O2/c1-12-14-9-5-6-10-15(14)21-16(12)17(20)19-18-11-13-7-3-2-4-8-13/h2-3,5-6,9-11,13H,4,7-8H2,1H3,(H,19,20)/b18-11-/t13-/m0/s1. The third kappa shape index (κ3) is 2.89. The predicted molar refractivity (Wildman–Crippen MR) is 83.4 cm³/mol. The molecular formula is C17H18N2O2.